The van der Waals surface area contributed by atoms with Gasteiger partial charge in [-0.05, 0) is 35.4 Å². The molecule has 0 amide bonds. The highest BCUT2D eigenvalue weighted by atomic mass is 19.4. The van der Waals surface area contributed by atoms with Crippen molar-refractivity contribution in [1.82, 2.24) is 0 Å². The van der Waals surface area contributed by atoms with Crippen molar-refractivity contribution in [3.63, 3.8) is 0 Å². The third-order valence-corrected chi connectivity index (χ3v) is 2.78. The molecule has 5 heteroatoms. The molecule has 0 radical (unpaired) electrons. The molecule has 0 saturated heterocycles. The van der Waals surface area contributed by atoms with E-state index in [4.69, 9.17) is 10.2 Å². The van der Waals surface area contributed by atoms with Gasteiger partial charge >= 0.3 is 6.18 Å². The second-order valence-electron chi connectivity index (χ2n) is 4.16. The summed E-state index contributed by atoms with van der Waals surface area (Å²) in [6.07, 6.45) is -4.45. The van der Waals surface area contributed by atoms with Gasteiger partial charge in [-0.3, -0.25) is 0 Å². The lowest BCUT2D eigenvalue weighted by Crippen LogP contribution is -2.21. The summed E-state index contributed by atoms with van der Waals surface area (Å²) < 4.78 is 39.5. The third kappa shape index (κ3) is 2.99. The summed E-state index contributed by atoms with van der Waals surface area (Å²) in [4.78, 5) is 0. The largest absolute Gasteiger partial charge is 0.508 e. The lowest BCUT2D eigenvalue weighted by molar-refractivity contribution is -0.141. The van der Waals surface area contributed by atoms with Crippen LogP contribution < -0.4 is 0 Å². The Kier molecular flexibility index (Phi) is 3.38. The highest BCUT2D eigenvalue weighted by molar-refractivity contribution is 5.38. The summed E-state index contributed by atoms with van der Waals surface area (Å²) in [5.74, 6) is -1.96. The Labute approximate surface area is 107 Å². The molecule has 2 aromatic rings. The number of hydrogen-bond acceptors (Lipinski definition) is 2. The van der Waals surface area contributed by atoms with E-state index < -0.39 is 12.1 Å². The third-order valence-electron chi connectivity index (χ3n) is 2.78. The van der Waals surface area contributed by atoms with Crippen molar-refractivity contribution in [3.8, 4) is 11.5 Å². The zero-order chi connectivity index (χ0) is 14.0. The van der Waals surface area contributed by atoms with Gasteiger partial charge in [0.15, 0.2) is 0 Å². The van der Waals surface area contributed by atoms with Crippen LogP contribution in [0, 0.1) is 0 Å². The number of halogens is 3. The van der Waals surface area contributed by atoms with Crippen LogP contribution in [0.25, 0.3) is 0 Å². The normalized spacial score (nSPS) is 11.8. The van der Waals surface area contributed by atoms with E-state index in [0.717, 1.165) is 0 Å². The van der Waals surface area contributed by atoms with Crippen LogP contribution in [-0.2, 0) is 0 Å². The number of aromatic hydroxyl groups is 2. The fraction of sp³-hybridized carbons (Fsp3) is 0.143. The average Bonchev–Trinajstić information content (AvgIpc) is 2.33. The van der Waals surface area contributed by atoms with Gasteiger partial charge in [-0.2, -0.15) is 13.2 Å². The Hall–Kier alpha value is -2.17. The highest BCUT2D eigenvalue weighted by Crippen LogP contribution is 2.40. The molecule has 0 saturated carbocycles. The SMILES string of the molecule is Oc1ccc(C(c2ccc(O)cc2)C(F)(F)F)cc1. The van der Waals surface area contributed by atoms with Crippen LogP contribution in [0.15, 0.2) is 48.5 Å². The molecule has 0 atom stereocenters. The second-order valence-corrected chi connectivity index (χ2v) is 4.16. The van der Waals surface area contributed by atoms with Crippen LogP contribution in [0.5, 0.6) is 11.5 Å². The lowest BCUT2D eigenvalue weighted by Gasteiger charge is -2.21. The Balaban J connectivity index is 2.47. The summed E-state index contributed by atoms with van der Waals surface area (Å²) in [6, 6.07) is 9.81. The van der Waals surface area contributed by atoms with Gasteiger partial charge in [0.25, 0.3) is 0 Å². The van der Waals surface area contributed by atoms with E-state index in [9.17, 15) is 13.2 Å². The number of rotatable bonds is 2. The Bertz CT molecular complexity index is 499. The maximum atomic E-state index is 13.2. The first-order valence-electron chi connectivity index (χ1n) is 5.52. The number of benzene rings is 2. The number of phenols is 2. The van der Waals surface area contributed by atoms with Crippen molar-refractivity contribution in [2.45, 2.75) is 12.1 Å². The van der Waals surface area contributed by atoms with Crippen LogP contribution >= 0.6 is 0 Å². The van der Waals surface area contributed by atoms with Crippen molar-refractivity contribution in [3.05, 3.63) is 59.7 Å². The van der Waals surface area contributed by atoms with Gasteiger partial charge in [0, 0.05) is 0 Å². The minimum Gasteiger partial charge on any atom is -0.508 e. The standard InChI is InChI=1S/C14H11F3O2/c15-14(16,17)13(9-1-5-11(18)6-2-9)10-3-7-12(19)8-4-10/h1-8,13,18-19H. The molecule has 0 aliphatic heterocycles. The quantitative estimate of drug-likeness (QED) is 0.869. The van der Waals surface area contributed by atoms with Gasteiger partial charge in [-0.15, -0.1) is 0 Å². The molecular weight excluding hydrogens is 257 g/mol. The van der Waals surface area contributed by atoms with Gasteiger partial charge in [0.05, 0.1) is 0 Å². The van der Waals surface area contributed by atoms with Crippen LogP contribution in [0.1, 0.15) is 17.0 Å². The van der Waals surface area contributed by atoms with E-state index >= 15 is 0 Å². The molecule has 19 heavy (non-hydrogen) atoms. The molecule has 0 unspecified atom stereocenters. The summed E-state index contributed by atoms with van der Waals surface area (Å²) in [5.41, 5.74) is 0.0759. The highest BCUT2D eigenvalue weighted by Gasteiger charge is 2.41. The van der Waals surface area contributed by atoms with Crippen molar-refractivity contribution in [1.29, 1.82) is 0 Å². The Morgan fingerprint density at radius 3 is 1.26 bits per heavy atom. The van der Waals surface area contributed by atoms with Crippen LogP contribution in [0.3, 0.4) is 0 Å². The molecular formula is C14H11F3O2. The van der Waals surface area contributed by atoms with Crippen molar-refractivity contribution >= 4 is 0 Å². The lowest BCUT2D eigenvalue weighted by atomic mass is 9.90. The first kappa shape index (κ1) is 13.3. The average molecular weight is 268 g/mol. The monoisotopic (exact) mass is 268 g/mol. The van der Waals surface area contributed by atoms with Gasteiger partial charge in [-0.1, -0.05) is 24.3 Å². The molecule has 0 bridgehead atoms. The molecule has 2 N–H and O–H groups in total. The van der Waals surface area contributed by atoms with Crippen LogP contribution in [0.2, 0.25) is 0 Å². The molecule has 0 spiro atoms. The van der Waals surface area contributed by atoms with Crippen LogP contribution in [-0.4, -0.2) is 16.4 Å². The van der Waals surface area contributed by atoms with Crippen molar-refractivity contribution in [2.75, 3.05) is 0 Å². The smallest absolute Gasteiger partial charge is 0.399 e. The molecule has 0 fully saturated rings. The minimum atomic E-state index is -4.45. The minimum absolute atomic E-state index is 0.0380. The summed E-state index contributed by atoms with van der Waals surface area (Å²) in [6.45, 7) is 0. The molecule has 0 aliphatic rings. The molecule has 2 aromatic carbocycles. The maximum absolute atomic E-state index is 13.2. The zero-order valence-corrected chi connectivity index (χ0v) is 9.72. The predicted molar refractivity (Wildman–Crippen MR) is 64.1 cm³/mol. The van der Waals surface area contributed by atoms with E-state index in [1.165, 1.54) is 48.5 Å². The van der Waals surface area contributed by atoms with Crippen molar-refractivity contribution in [2.24, 2.45) is 0 Å². The summed E-state index contributed by atoms with van der Waals surface area (Å²) >= 11 is 0. The van der Waals surface area contributed by atoms with Gasteiger partial charge in [0.1, 0.15) is 17.4 Å². The van der Waals surface area contributed by atoms with E-state index in [1.807, 2.05) is 0 Å². The topological polar surface area (TPSA) is 40.5 Å². The van der Waals surface area contributed by atoms with E-state index in [-0.39, 0.29) is 22.6 Å². The fourth-order valence-corrected chi connectivity index (χ4v) is 1.90. The van der Waals surface area contributed by atoms with E-state index in [1.54, 1.807) is 0 Å². The summed E-state index contributed by atoms with van der Waals surface area (Å²) in [5, 5.41) is 18.3. The Morgan fingerprint density at radius 1 is 0.684 bits per heavy atom. The van der Waals surface area contributed by atoms with E-state index in [2.05, 4.69) is 0 Å². The molecule has 100 valence electrons. The first-order valence-corrected chi connectivity index (χ1v) is 5.52. The predicted octanol–water partition coefficient (Wildman–Crippen LogP) is 3.79. The van der Waals surface area contributed by atoms with E-state index in [0.29, 0.717) is 0 Å². The first-order chi connectivity index (χ1) is 8.88. The Morgan fingerprint density at radius 2 is 1.00 bits per heavy atom. The van der Waals surface area contributed by atoms with Gasteiger partial charge < -0.3 is 10.2 Å². The number of alkyl halides is 3. The zero-order valence-electron chi connectivity index (χ0n) is 9.72. The molecule has 0 aromatic heterocycles. The van der Waals surface area contributed by atoms with Crippen molar-refractivity contribution < 1.29 is 23.4 Å². The maximum Gasteiger partial charge on any atom is 0.399 e. The fourth-order valence-electron chi connectivity index (χ4n) is 1.90. The van der Waals surface area contributed by atoms with Gasteiger partial charge in [-0.25, -0.2) is 0 Å². The second kappa shape index (κ2) is 4.84. The number of phenolic OH excluding ortho intramolecular Hbond substituents is 2. The summed E-state index contributed by atoms with van der Waals surface area (Å²) in [7, 11) is 0. The molecule has 2 rings (SSSR count). The number of hydrogen-bond donors (Lipinski definition) is 2. The molecule has 2 nitrogen and oxygen atoms in total. The van der Waals surface area contributed by atoms with Crippen LogP contribution in [0.4, 0.5) is 13.2 Å². The molecule has 0 heterocycles. The van der Waals surface area contributed by atoms with Gasteiger partial charge in [0.2, 0.25) is 0 Å². The molecule has 0 aliphatic carbocycles.